The standard InChI is InChI=1S/C25H25BrN2O8S/c1-4-15(3)36-22(29)13-27-24(30)21(37-25(27)31)12-17-10-19(26)23(20(11-17)34-5-2)35-14-16-6-8-18(9-7-16)28(32)33/h6-12,15H,4-5,13-14H2,1-3H3/b21-12+/t15-/m0/s1. The molecule has 0 radical (unpaired) electrons. The Morgan fingerprint density at radius 1 is 1.19 bits per heavy atom. The smallest absolute Gasteiger partial charge is 0.326 e. The summed E-state index contributed by atoms with van der Waals surface area (Å²) in [6, 6.07) is 9.39. The number of halogens is 1. The molecule has 12 heteroatoms. The van der Waals surface area contributed by atoms with Crippen molar-refractivity contribution in [2.24, 2.45) is 0 Å². The minimum Gasteiger partial charge on any atom is -0.490 e. The van der Waals surface area contributed by atoms with Crippen LogP contribution in [-0.2, 0) is 20.9 Å². The normalized spacial score (nSPS) is 15.1. The van der Waals surface area contributed by atoms with Gasteiger partial charge in [0.2, 0.25) is 0 Å². The molecule has 0 N–H and O–H groups in total. The molecule has 1 aliphatic heterocycles. The van der Waals surface area contributed by atoms with Crippen molar-refractivity contribution >= 4 is 56.6 Å². The fourth-order valence-corrected chi connectivity index (χ4v) is 4.62. The highest BCUT2D eigenvalue weighted by Crippen LogP contribution is 2.39. The van der Waals surface area contributed by atoms with Crippen molar-refractivity contribution < 1.29 is 33.5 Å². The van der Waals surface area contributed by atoms with Crippen molar-refractivity contribution in [3.63, 3.8) is 0 Å². The van der Waals surface area contributed by atoms with E-state index in [1.807, 2.05) is 13.8 Å². The molecule has 1 atom stereocenters. The van der Waals surface area contributed by atoms with E-state index in [-0.39, 0.29) is 23.3 Å². The Bertz CT molecular complexity index is 1230. The molecule has 0 bridgehead atoms. The zero-order valence-corrected chi connectivity index (χ0v) is 22.8. The van der Waals surface area contributed by atoms with E-state index in [0.717, 1.165) is 22.2 Å². The lowest BCUT2D eigenvalue weighted by atomic mass is 10.1. The highest BCUT2D eigenvalue weighted by molar-refractivity contribution is 9.10. The molecule has 1 saturated heterocycles. The molecule has 1 aliphatic rings. The zero-order valence-electron chi connectivity index (χ0n) is 20.4. The maximum Gasteiger partial charge on any atom is 0.326 e. The monoisotopic (exact) mass is 592 g/mol. The topological polar surface area (TPSA) is 125 Å². The van der Waals surface area contributed by atoms with Crippen molar-refractivity contribution in [1.29, 1.82) is 0 Å². The van der Waals surface area contributed by atoms with Crippen LogP contribution in [0.15, 0.2) is 45.8 Å². The summed E-state index contributed by atoms with van der Waals surface area (Å²) in [4.78, 5) is 48.6. The number of carbonyl (C=O) groups excluding carboxylic acids is 3. The third-order valence-corrected chi connectivity index (χ3v) is 6.72. The number of benzene rings is 2. The summed E-state index contributed by atoms with van der Waals surface area (Å²) >= 11 is 4.21. The summed E-state index contributed by atoms with van der Waals surface area (Å²) in [5.41, 5.74) is 1.29. The molecule has 37 heavy (non-hydrogen) atoms. The van der Waals surface area contributed by atoms with Gasteiger partial charge in [-0.15, -0.1) is 0 Å². The van der Waals surface area contributed by atoms with Gasteiger partial charge in [-0.2, -0.15) is 0 Å². The second-order valence-electron chi connectivity index (χ2n) is 7.95. The Labute approximate surface area is 226 Å². The lowest BCUT2D eigenvalue weighted by Crippen LogP contribution is -2.35. The Morgan fingerprint density at radius 2 is 1.89 bits per heavy atom. The molecule has 2 amide bonds. The number of thioether (sulfide) groups is 1. The summed E-state index contributed by atoms with van der Waals surface area (Å²) in [5.74, 6) is -0.405. The van der Waals surface area contributed by atoms with E-state index >= 15 is 0 Å². The van der Waals surface area contributed by atoms with Crippen molar-refractivity contribution in [3.8, 4) is 11.5 Å². The summed E-state index contributed by atoms with van der Waals surface area (Å²) in [5, 5.41) is 10.3. The third-order valence-electron chi connectivity index (χ3n) is 5.23. The average Bonchev–Trinajstić information content (AvgIpc) is 3.11. The van der Waals surface area contributed by atoms with Gasteiger partial charge in [0.05, 0.1) is 27.0 Å². The number of amides is 2. The van der Waals surface area contributed by atoms with Crippen LogP contribution in [0.3, 0.4) is 0 Å². The van der Waals surface area contributed by atoms with Crippen molar-refractivity contribution in [3.05, 3.63) is 67.0 Å². The molecule has 2 aromatic rings. The number of imide groups is 1. The van der Waals surface area contributed by atoms with Crippen LogP contribution < -0.4 is 9.47 Å². The van der Waals surface area contributed by atoms with Crippen LogP contribution in [0.2, 0.25) is 0 Å². The van der Waals surface area contributed by atoms with Gasteiger partial charge in [0.1, 0.15) is 13.2 Å². The predicted octanol–water partition coefficient (Wildman–Crippen LogP) is 5.71. The van der Waals surface area contributed by atoms with Crippen molar-refractivity contribution in [2.45, 2.75) is 39.9 Å². The molecule has 2 aromatic carbocycles. The van der Waals surface area contributed by atoms with Gasteiger partial charge in [-0.05, 0) is 89.4 Å². The number of non-ortho nitro benzene ring substituents is 1. The van der Waals surface area contributed by atoms with Gasteiger partial charge >= 0.3 is 5.97 Å². The van der Waals surface area contributed by atoms with Crippen LogP contribution in [0.25, 0.3) is 6.08 Å². The molecule has 196 valence electrons. The number of carbonyl (C=O) groups is 3. The van der Waals surface area contributed by atoms with Gasteiger partial charge in [-0.3, -0.25) is 29.4 Å². The lowest BCUT2D eigenvalue weighted by molar-refractivity contribution is -0.384. The predicted molar refractivity (Wildman–Crippen MR) is 141 cm³/mol. The largest absolute Gasteiger partial charge is 0.490 e. The van der Waals surface area contributed by atoms with Crippen molar-refractivity contribution in [1.82, 2.24) is 4.90 Å². The molecule has 0 aliphatic carbocycles. The number of nitrogens with zero attached hydrogens (tertiary/aromatic N) is 2. The van der Waals surface area contributed by atoms with Crippen LogP contribution in [0, 0.1) is 10.1 Å². The van der Waals surface area contributed by atoms with Crippen LogP contribution >= 0.6 is 27.7 Å². The van der Waals surface area contributed by atoms with Gasteiger partial charge in [-0.25, -0.2) is 0 Å². The number of esters is 1. The van der Waals surface area contributed by atoms with Gasteiger partial charge in [0, 0.05) is 12.1 Å². The molecule has 10 nitrogen and oxygen atoms in total. The first kappa shape index (κ1) is 28.2. The third kappa shape index (κ3) is 7.32. The molecule has 0 unspecified atom stereocenters. The molecular formula is C25H25BrN2O8S. The summed E-state index contributed by atoms with van der Waals surface area (Å²) < 4.78 is 17.4. The summed E-state index contributed by atoms with van der Waals surface area (Å²) in [6.45, 7) is 5.45. The molecular weight excluding hydrogens is 568 g/mol. The van der Waals surface area contributed by atoms with Gasteiger partial charge < -0.3 is 14.2 Å². The van der Waals surface area contributed by atoms with E-state index in [2.05, 4.69) is 15.9 Å². The molecule has 1 fully saturated rings. The van der Waals surface area contributed by atoms with Gasteiger partial charge in [-0.1, -0.05) is 6.92 Å². The quantitative estimate of drug-likeness (QED) is 0.139. The fraction of sp³-hybridized carbons (Fsp3) is 0.320. The molecule has 3 rings (SSSR count). The lowest BCUT2D eigenvalue weighted by Gasteiger charge is -2.15. The fourth-order valence-electron chi connectivity index (χ4n) is 3.21. The highest BCUT2D eigenvalue weighted by Gasteiger charge is 2.37. The van der Waals surface area contributed by atoms with Gasteiger partial charge in [0.15, 0.2) is 11.5 Å². The Morgan fingerprint density at radius 3 is 2.51 bits per heavy atom. The van der Waals surface area contributed by atoms with E-state index in [1.54, 1.807) is 31.2 Å². The van der Waals surface area contributed by atoms with Crippen LogP contribution in [-0.4, -0.2) is 46.2 Å². The first-order valence-electron chi connectivity index (χ1n) is 11.4. The van der Waals surface area contributed by atoms with E-state index in [4.69, 9.17) is 14.2 Å². The number of rotatable bonds is 11. The average molecular weight is 593 g/mol. The van der Waals surface area contributed by atoms with Gasteiger partial charge in [0.25, 0.3) is 16.8 Å². The van der Waals surface area contributed by atoms with Crippen molar-refractivity contribution in [2.75, 3.05) is 13.2 Å². The summed E-state index contributed by atoms with van der Waals surface area (Å²) in [6.07, 6.45) is 1.86. The highest BCUT2D eigenvalue weighted by atomic mass is 79.9. The number of nitro groups is 1. The number of hydrogen-bond acceptors (Lipinski definition) is 9. The van der Waals surface area contributed by atoms with Crippen LogP contribution in [0.1, 0.15) is 38.3 Å². The van der Waals surface area contributed by atoms with E-state index in [0.29, 0.717) is 34.6 Å². The minimum atomic E-state index is -0.645. The number of hydrogen-bond donors (Lipinski definition) is 0. The Hall–Kier alpha value is -3.38. The number of nitro benzene ring substituents is 1. The van der Waals surface area contributed by atoms with Crippen LogP contribution in [0.4, 0.5) is 10.5 Å². The van der Waals surface area contributed by atoms with Crippen LogP contribution in [0.5, 0.6) is 11.5 Å². The maximum absolute atomic E-state index is 12.8. The summed E-state index contributed by atoms with van der Waals surface area (Å²) in [7, 11) is 0. The first-order valence-corrected chi connectivity index (χ1v) is 13.0. The SMILES string of the molecule is CCOc1cc(/C=C2/SC(=O)N(CC(=O)O[C@@H](C)CC)C2=O)cc(Br)c1OCc1ccc([N+](=O)[O-])cc1. The maximum atomic E-state index is 12.8. The van der Waals surface area contributed by atoms with E-state index < -0.39 is 28.6 Å². The second-order valence-corrected chi connectivity index (χ2v) is 9.80. The Kier molecular flexibility index (Phi) is 9.70. The molecule has 1 heterocycles. The number of ether oxygens (including phenoxy) is 3. The molecule has 0 saturated carbocycles. The molecule has 0 aromatic heterocycles. The molecule has 0 spiro atoms. The second kappa shape index (κ2) is 12.7. The minimum absolute atomic E-state index is 0.0129. The Balaban J connectivity index is 1.77. The first-order chi connectivity index (χ1) is 17.6. The zero-order chi connectivity index (χ0) is 27.1. The van der Waals surface area contributed by atoms with E-state index in [1.165, 1.54) is 18.2 Å². The van der Waals surface area contributed by atoms with E-state index in [9.17, 15) is 24.5 Å².